The van der Waals surface area contributed by atoms with Crippen molar-refractivity contribution in [2.24, 2.45) is 11.8 Å². The van der Waals surface area contributed by atoms with Gasteiger partial charge in [-0.3, -0.25) is 8.42 Å². The van der Waals surface area contributed by atoms with Crippen molar-refractivity contribution in [3.05, 3.63) is 24.3 Å². The molecule has 1 rings (SSSR count). The molecule has 0 bridgehead atoms. The van der Waals surface area contributed by atoms with E-state index in [0.717, 1.165) is 47.3 Å². The molecule has 0 fully saturated rings. The molecule has 2 nitrogen and oxygen atoms in total. The first-order chi connectivity index (χ1) is 13.4. The summed E-state index contributed by atoms with van der Waals surface area (Å²) in [5.41, 5.74) is 0. The van der Waals surface area contributed by atoms with Crippen LogP contribution in [0.2, 0.25) is 0 Å². The Kier molecular flexibility index (Phi) is 14.0. The molecule has 0 saturated heterocycles. The molecule has 2 unspecified atom stereocenters. The van der Waals surface area contributed by atoms with Gasteiger partial charge in [0, 0.05) is 11.5 Å². The summed E-state index contributed by atoms with van der Waals surface area (Å²) in [6, 6.07) is 7.65. The number of benzene rings is 1. The highest BCUT2D eigenvalue weighted by Crippen LogP contribution is 2.21. The summed E-state index contributed by atoms with van der Waals surface area (Å²) in [5, 5.41) is 0. The molecule has 162 valence electrons. The third-order valence-corrected chi connectivity index (χ3v) is 8.20. The van der Waals surface area contributed by atoms with E-state index in [9.17, 15) is 8.42 Å². The number of rotatable bonds is 16. The van der Waals surface area contributed by atoms with Crippen molar-refractivity contribution in [2.75, 3.05) is 11.5 Å². The second kappa shape index (κ2) is 15.4. The fraction of sp³-hybridized carbons (Fsp3) is 0.750. The lowest BCUT2D eigenvalue weighted by Crippen LogP contribution is -2.06. The van der Waals surface area contributed by atoms with Crippen LogP contribution in [0.3, 0.4) is 0 Å². The minimum Gasteiger partial charge on any atom is -0.254 e. The van der Waals surface area contributed by atoms with E-state index in [1.165, 1.54) is 38.5 Å². The molecular weight excluding hydrogens is 384 g/mol. The van der Waals surface area contributed by atoms with Crippen molar-refractivity contribution in [2.45, 2.75) is 102 Å². The van der Waals surface area contributed by atoms with E-state index in [4.69, 9.17) is 0 Å². The molecule has 0 aliphatic carbocycles. The molecule has 0 spiro atoms. The van der Waals surface area contributed by atoms with Gasteiger partial charge in [-0.25, -0.2) is 0 Å². The standard InChI is InChI=1S/C24H42O2S2/c1-21(2)15-9-5-7-13-19-27(25)23-17-11-12-18-24(23)28(26)20-14-8-6-10-16-22(3)4/h11-12,17-18,21-22H,5-10,13-16,19-20H2,1-4H3. The summed E-state index contributed by atoms with van der Waals surface area (Å²) in [6.45, 7) is 9.05. The Hall–Kier alpha value is -0.480. The lowest BCUT2D eigenvalue weighted by Gasteiger charge is -2.10. The van der Waals surface area contributed by atoms with Crippen molar-refractivity contribution >= 4 is 21.6 Å². The van der Waals surface area contributed by atoms with Crippen molar-refractivity contribution in [3.63, 3.8) is 0 Å². The first kappa shape index (κ1) is 25.6. The molecule has 0 heterocycles. The van der Waals surface area contributed by atoms with Crippen LogP contribution in [-0.2, 0) is 21.6 Å². The predicted molar refractivity (Wildman–Crippen MR) is 125 cm³/mol. The van der Waals surface area contributed by atoms with Crippen molar-refractivity contribution < 1.29 is 8.42 Å². The first-order valence-electron chi connectivity index (χ1n) is 11.3. The number of hydrogen-bond acceptors (Lipinski definition) is 2. The summed E-state index contributed by atoms with van der Waals surface area (Å²) in [6.07, 6.45) is 11.8. The lowest BCUT2D eigenvalue weighted by molar-refractivity contribution is 0.525. The summed E-state index contributed by atoms with van der Waals surface area (Å²) in [4.78, 5) is 1.59. The van der Waals surface area contributed by atoms with Crippen molar-refractivity contribution in [1.82, 2.24) is 0 Å². The molecule has 0 aliphatic rings. The van der Waals surface area contributed by atoms with Gasteiger partial charge >= 0.3 is 0 Å². The van der Waals surface area contributed by atoms with Gasteiger partial charge < -0.3 is 0 Å². The monoisotopic (exact) mass is 426 g/mol. The van der Waals surface area contributed by atoms with Gasteiger partial charge in [-0.05, 0) is 36.8 Å². The van der Waals surface area contributed by atoms with Crippen LogP contribution in [0.25, 0.3) is 0 Å². The number of unbranched alkanes of at least 4 members (excludes halogenated alkanes) is 6. The smallest absolute Gasteiger partial charge is 0.0549 e. The van der Waals surface area contributed by atoms with E-state index in [-0.39, 0.29) is 0 Å². The molecule has 0 N–H and O–H groups in total. The van der Waals surface area contributed by atoms with Gasteiger partial charge in [-0.15, -0.1) is 0 Å². The highest BCUT2D eigenvalue weighted by atomic mass is 32.2. The Balaban J connectivity index is 2.39. The third-order valence-electron chi connectivity index (χ3n) is 5.06. The number of hydrogen-bond donors (Lipinski definition) is 0. The zero-order chi connectivity index (χ0) is 20.8. The minimum atomic E-state index is -1.04. The molecule has 0 amide bonds. The largest absolute Gasteiger partial charge is 0.254 e. The summed E-state index contributed by atoms with van der Waals surface area (Å²) in [5.74, 6) is 2.91. The maximum absolute atomic E-state index is 12.8. The second-order valence-electron chi connectivity index (χ2n) is 8.74. The molecule has 0 aromatic heterocycles. The van der Waals surface area contributed by atoms with Crippen LogP contribution in [0.15, 0.2) is 34.1 Å². The van der Waals surface area contributed by atoms with E-state index < -0.39 is 21.6 Å². The molecule has 1 aromatic rings. The summed E-state index contributed by atoms with van der Waals surface area (Å²) in [7, 11) is -2.08. The maximum atomic E-state index is 12.8. The Morgan fingerprint density at radius 2 is 0.964 bits per heavy atom. The Morgan fingerprint density at radius 3 is 1.32 bits per heavy atom. The average Bonchev–Trinajstić information content (AvgIpc) is 2.66. The Bertz CT molecular complexity index is 531. The van der Waals surface area contributed by atoms with E-state index >= 15 is 0 Å². The molecule has 0 saturated carbocycles. The molecule has 28 heavy (non-hydrogen) atoms. The molecule has 1 aromatic carbocycles. The summed E-state index contributed by atoms with van der Waals surface area (Å²) < 4.78 is 25.5. The van der Waals surface area contributed by atoms with Gasteiger partial charge in [0.05, 0.1) is 31.4 Å². The summed E-state index contributed by atoms with van der Waals surface area (Å²) >= 11 is 0. The van der Waals surface area contributed by atoms with E-state index in [0.29, 0.717) is 11.5 Å². The second-order valence-corrected chi connectivity index (χ2v) is 11.8. The highest BCUT2D eigenvalue weighted by molar-refractivity contribution is 7.88. The lowest BCUT2D eigenvalue weighted by atomic mass is 10.0. The zero-order valence-corrected chi connectivity index (χ0v) is 20.2. The fourth-order valence-corrected chi connectivity index (χ4v) is 6.30. The molecular formula is C24H42O2S2. The fourth-order valence-electron chi connectivity index (χ4n) is 3.32. The van der Waals surface area contributed by atoms with Crippen LogP contribution < -0.4 is 0 Å². The van der Waals surface area contributed by atoms with Crippen molar-refractivity contribution in [1.29, 1.82) is 0 Å². The predicted octanol–water partition coefficient (Wildman–Crippen LogP) is 7.11. The topological polar surface area (TPSA) is 34.1 Å². The molecule has 4 heteroatoms. The Labute approximate surface area is 179 Å². The van der Waals surface area contributed by atoms with E-state index in [1.807, 2.05) is 24.3 Å². The first-order valence-corrected chi connectivity index (χ1v) is 13.9. The maximum Gasteiger partial charge on any atom is 0.0549 e. The Morgan fingerprint density at radius 1 is 0.607 bits per heavy atom. The van der Waals surface area contributed by atoms with E-state index in [2.05, 4.69) is 27.7 Å². The van der Waals surface area contributed by atoms with Crippen LogP contribution in [-0.4, -0.2) is 19.9 Å². The third kappa shape index (κ3) is 11.5. The van der Waals surface area contributed by atoms with E-state index in [1.54, 1.807) is 0 Å². The van der Waals surface area contributed by atoms with Gasteiger partial charge in [0.15, 0.2) is 0 Å². The molecule has 0 aliphatic heterocycles. The molecule has 2 atom stereocenters. The van der Waals surface area contributed by atoms with Crippen LogP contribution in [0, 0.1) is 11.8 Å². The van der Waals surface area contributed by atoms with Gasteiger partial charge in [0.2, 0.25) is 0 Å². The normalized spacial score (nSPS) is 13.9. The van der Waals surface area contributed by atoms with Crippen LogP contribution in [0.1, 0.15) is 91.9 Å². The van der Waals surface area contributed by atoms with Crippen molar-refractivity contribution in [3.8, 4) is 0 Å². The average molecular weight is 427 g/mol. The van der Waals surface area contributed by atoms with Gasteiger partial charge in [-0.1, -0.05) is 91.2 Å². The van der Waals surface area contributed by atoms with Crippen LogP contribution in [0.4, 0.5) is 0 Å². The minimum absolute atomic E-state index is 0.686. The van der Waals surface area contributed by atoms with Gasteiger partial charge in [0.1, 0.15) is 0 Å². The van der Waals surface area contributed by atoms with Gasteiger partial charge in [0.25, 0.3) is 0 Å². The van der Waals surface area contributed by atoms with Crippen LogP contribution >= 0.6 is 0 Å². The molecule has 0 radical (unpaired) electrons. The SMILES string of the molecule is CC(C)CCCCCCS(=O)c1ccccc1S(=O)CCCCCCC(C)C. The van der Waals surface area contributed by atoms with Gasteiger partial charge in [-0.2, -0.15) is 0 Å². The zero-order valence-electron chi connectivity index (χ0n) is 18.6. The quantitative estimate of drug-likeness (QED) is 0.264. The van der Waals surface area contributed by atoms with Crippen LogP contribution in [0.5, 0.6) is 0 Å². The highest BCUT2D eigenvalue weighted by Gasteiger charge is 2.14.